The Morgan fingerprint density at radius 2 is 2.04 bits per heavy atom. The number of thiophene rings is 1. The van der Waals surface area contributed by atoms with Crippen molar-refractivity contribution < 1.29 is 13.3 Å². The first kappa shape index (κ1) is 18.4. The molecule has 24 heavy (non-hydrogen) atoms. The van der Waals surface area contributed by atoms with Crippen LogP contribution in [-0.2, 0) is 16.4 Å². The molecule has 0 saturated carbocycles. The highest BCUT2D eigenvalue weighted by atomic mass is 32.2. The van der Waals surface area contributed by atoms with Crippen molar-refractivity contribution in [1.29, 1.82) is 0 Å². The van der Waals surface area contributed by atoms with Crippen molar-refractivity contribution >= 4 is 32.7 Å². The van der Waals surface area contributed by atoms with Crippen LogP contribution in [0.4, 0.5) is 11.4 Å². The summed E-state index contributed by atoms with van der Waals surface area (Å²) in [7, 11) is -4.09. The number of sulfonamides is 1. The average Bonchev–Trinajstić information content (AvgIpc) is 2.87. The van der Waals surface area contributed by atoms with Gasteiger partial charge in [-0.15, -0.1) is 11.3 Å². The number of nitrogens with zero attached hydrogens (tertiary/aromatic N) is 1. The second kappa shape index (κ2) is 6.88. The third-order valence-corrected chi connectivity index (χ3v) is 6.16. The third kappa shape index (κ3) is 3.92. The normalized spacial score (nSPS) is 12.8. The van der Waals surface area contributed by atoms with E-state index in [1.807, 2.05) is 13.8 Å². The molecule has 0 aliphatic rings. The van der Waals surface area contributed by atoms with Gasteiger partial charge in [-0.1, -0.05) is 6.92 Å². The number of non-ortho nitro benzene ring substituents is 1. The van der Waals surface area contributed by atoms with E-state index in [2.05, 4.69) is 18.3 Å². The number of nitro groups is 1. The van der Waals surface area contributed by atoms with Crippen LogP contribution in [0.1, 0.15) is 35.2 Å². The van der Waals surface area contributed by atoms with Gasteiger partial charge in [0.05, 0.1) is 16.7 Å². The molecule has 0 radical (unpaired) electrons. The molecule has 1 aromatic heterocycles. The zero-order chi connectivity index (χ0) is 18.1. The molecule has 0 amide bonds. The van der Waals surface area contributed by atoms with E-state index in [1.54, 1.807) is 11.3 Å². The first-order chi connectivity index (χ1) is 11.1. The number of hydrogen-bond acceptors (Lipinski definition) is 6. The van der Waals surface area contributed by atoms with Crippen molar-refractivity contribution in [2.75, 3.05) is 5.32 Å². The van der Waals surface area contributed by atoms with E-state index >= 15 is 0 Å². The minimum absolute atomic E-state index is 0.157. The number of primary sulfonamides is 1. The van der Waals surface area contributed by atoms with Crippen LogP contribution in [0.25, 0.3) is 0 Å². The fourth-order valence-electron chi connectivity index (χ4n) is 2.39. The zero-order valence-corrected chi connectivity index (χ0v) is 15.2. The van der Waals surface area contributed by atoms with E-state index < -0.39 is 14.9 Å². The lowest BCUT2D eigenvalue weighted by atomic mass is 10.2. The lowest BCUT2D eigenvalue weighted by Gasteiger charge is -2.16. The molecular weight excluding hydrogens is 350 g/mol. The van der Waals surface area contributed by atoms with Gasteiger partial charge in [-0.3, -0.25) is 10.1 Å². The van der Waals surface area contributed by atoms with Crippen molar-refractivity contribution in [3.63, 3.8) is 0 Å². The van der Waals surface area contributed by atoms with Gasteiger partial charge in [0.25, 0.3) is 5.69 Å². The molecule has 1 unspecified atom stereocenters. The van der Waals surface area contributed by atoms with E-state index in [-0.39, 0.29) is 22.3 Å². The Hall–Kier alpha value is -1.97. The average molecular weight is 369 g/mol. The van der Waals surface area contributed by atoms with Gasteiger partial charge < -0.3 is 5.32 Å². The standard InChI is InChI=1S/C15H19N3O4S2/c1-4-13-9(2)7-14(23-13)10(3)17-12-6-5-11(18(19)20)8-15(12)24(16,21)22/h5-8,10,17H,4H2,1-3H3,(H2,16,21,22). The fraction of sp³-hybridized carbons (Fsp3) is 0.333. The summed E-state index contributed by atoms with van der Waals surface area (Å²) in [6.07, 6.45) is 0.934. The molecule has 1 aromatic carbocycles. The number of nitrogens with one attached hydrogen (secondary N) is 1. The molecule has 1 atom stereocenters. The summed E-state index contributed by atoms with van der Waals surface area (Å²) in [6.45, 7) is 6.02. The quantitative estimate of drug-likeness (QED) is 0.598. The number of rotatable bonds is 6. The summed E-state index contributed by atoms with van der Waals surface area (Å²) in [5.74, 6) is 0. The number of hydrogen-bond donors (Lipinski definition) is 2. The summed E-state index contributed by atoms with van der Waals surface area (Å²) in [6, 6.07) is 5.50. The number of aryl methyl sites for hydroxylation is 2. The molecule has 1 heterocycles. The summed E-state index contributed by atoms with van der Waals surface area (Å²) >= 11 is 1.66. The predicted octanol–water partition coefficient (Wildman–Crippen LogP) is 3.35. The lowest BCUT2D eigenvalue weighted by Crippen LogP contribution is -2.16. The van der Waals surface area contributed by atoms with Gasteiger partial charge in [0, 0.05) is 21.9 Å². The van der Waals surface area contributed by atoms with Crippen LogP contribution in [0.2, 0.25) is 0 Å². The maximum absolute atomic E-state index is 11.8. The number of nitrogens with two attached hydrogens (primary N) is 1. The minimum atomic E-state index is -4.09. The van der Waals surface area contributed by atoms with Crippen LogP contribution in [-0.4, -0.2) is 13.3 Å². The highest BCUT2D eigenvalue weighted by molar-refractivity contribution is 7.89. The predicted molar refractivity (Wildman–Crippen MR) is 94.9 cm³/mol. The summed E-state index contributed by atoms with van der Waals surface area (Å²) in [5.41, 5.74) is 1.12. The molecule has 0 aliphatic heterocycles. The molecular formula is C15H19N3O4S2. The highest BCUT2D eigenvalue weighted by Gasteiger charge is 2.21. The molecule has 0 spiro atoms. The summed E-state index contributed by atoms with van der Waals surface area (Å²) < 4.78 is 23.5. The maximum atomic E-state index is 11.8. The van der Waals surface area contributed by atoms with Crippen molar-refractivity contribution in [3.8, 4) is 0 Å². The van der Waals surface area contributed by atoms with Crippen LogP contribution in [0.5, 0.6) is 0 Å². The fourth-order valence-corrected chi connectivity index (χ4v) is 4.23. The van der Waals surface area contributed by atoms with Gasteiger partial charge >= 0.3 is 0 Å². The summed E-state index contributed by atoms with van der Waals surface area (Å²) in [5, 5.41) is 19.2. The first-order valence-corrected chi connectivity index (χ1v) is 9.66. The Kier molecular flexibility index (Phi) is 5.26. The zero-order valence-electron chi connectivity index (χ0n) is 13.6. The number of anilines is 1. The number of nitro benzene ring substituents is 1. The molecule has 0 fully saturated rings. The molecule has 3 N–H and O–H groups in total. The van der Waals surface area contributed by atoms with Crippen LogP contribution in [0.15, 0.2) is 29.2 Å². The Balaban J connectivity index is 2.39. The van der Waals surface area contributed by atoms with Gasteiger partial charge in [-0.25, -0.2) is 13.6 Å². The maximum Gasteiger partial charge on any atom is 0.270 e. The summed E-state index contributed by atoms with van der Waals surface area (Å²) in [4.78, 5) is 12.3. The topological polar surface area (TPSA) is 115 Å². The molecule has 0 saturated heterocycles. The van der Waals surface area contributed by atoms with Gasteiger partial charge in [0.15, 0.2) is 0 Å². The van der Waals surface area contributed by atoms with Crippen molar-refractivity contribution in [3.05, 3.63) is 49.7 Å². The second-order valence-corrected chi connectivity index (χ2v) is 8.16. The monoisotopic (exact) mass is 369 g/mol. The molecule has 2 rings (SSSR count). The van der Waals surface area contributed by atoms with E-state index in [1.165, 1.54) is 22.6 Å². The van der Waals surface area contributed by atoms with Crippen molar-refractivity contribution in [2.24, 2.45) is 5.14 Å². The Labute approximate surface area is 144 Å². The molecule has 0 aliphatic carbocycles. The number of benzene rings is 1. The SMILES string of the molecule is CCc1sc(C(C)Nc2ccc([N+](=O)[O-])cc2S(N)(=O)=O)cc1C. The van der Waals surface area contributed by atoms with Gasteiger partial charge in [0.1, 0.15) is 4.90 Å². The van der Waals surface area contributed by atoms with Crippen LogP contribution < -0.4 is 10.5 Å². The van der Waals surface area contributed by atoms with E-state index in [0.717, 1.165) is 17.4 Å². The highest BCUT2D eigenvalue weighted by Crippen LogP contribution is 2.32. The minimum Gasteiger partial charge on any atom is -0.377 e. The van der Waals surface area contributed by atoms with Crippen molar-refractivity contribution in [2.45, 2.75) is 38.1 Å². The Morgan fingerprint density at radius 1 is 1.38 bits per heavy atom. The van der Waals surface area contributed by atoms with Crippen LogP contribution in [0.3, 0.4) is 0 Å². The first-order valence-electron chi connectivity index (χ1n) is 7.30. The van der Waals surface area contributed by atoms with Crippen LogP contribution in [0, 0.1) is 17.0 Å². The Morgan fingerprint density at radius 3 is 2.54 bits per heavy atom. The van der Waals surface area contributed by atoms with E-state index in [4.69, 9.17) is 5.14 Å². The molecule has 2 aromatic rings. The second-order valence-electron chi connectivity index (χ2n) is 5.46. The van der Waals surface area contributed by atoms with Gasteiger partial charge in [-0.2, -0.15) is 0 Å². The molecule has 7 nitrogen and oxygen atoms in total. The molecule has 9 heteroatoms. The largest absolute Gasteiger partial charge is 0.377 e. The Bertz CT molecular complexity index is 875. The van der Waals surface area contributed by atoms with Crippen molar-refractivity contribution in [1.82, 2.24) is 0 Å². The molecule has 130 valence electrons. The van der Waals surface area contributed by atoms with Crippen LogP contribution >= 0.6 is 11.3 Å². The smallest absolute Gasteiger partial charge is 0.270 e. The van der Waals surface area contributed by atoms with Gasteiger partial charge in [-0.05, 0) is 38.0 Å². The van der Waals surface area contributed by atoms with E-state index in [9.17, 15) is 18.5 Å². The lowest BCUT2D eigenvalue weighted by molar-refractivity contribution is -0.385. The van der Waals surface area contributed by atoms with E-state index in [0.29, 0.717) is 0 Å². The molecule has 0 bridgehead atoms. The third-order valence-electron chi connectivity index (χ3n) is 3.64. The van der Waals surface area contributed by atoms with Gasteiger partial charge in [0.2, 0.25) is 10.0 Å².